The summed E-state index contributed by atoms with van der Waals surface area (Å²) in [5.41, 5.74) is 0.941. The van der Waals surface area contributed by atoms with Gasteiger partial charge < -0.3 is 15.2 Å². The molecule has 0 aliphatic rings. The van der Waals surface area contributed by atoms with E-state index in [9.17, 15) is 4.79 Å². The normalized spacial score (nSPS) is 13.3. The fourth-order valence-corrected chi connectivity index (χ4v) is 3.17. The molecule has 0 saturated heterocycles. The molecule has 6 nitrogen and oxygen atoms in total. The standard InChI is InChI=1S/C19H24ClN3O3/c1-12(2)10-19(4,23-18(24)25)11-26-17-6-5-14(9-15(17)20)16-7-8-21-13(3)22-16/h5-9,12,23H,10-11H2,1-4H3,(H,24,25). The van der Waals surface area contributed by atoms with Gasteiger partial charge in [0.15, 0.2) is 0 Å². The molecular weight excluding hydrogens is 354 g/mol. The first-order valence-corrected chi connectivity index (χ1v) is 8.80. The fraction of sp³-hybridized carbons (Fsp3) is 0.421. The maximum atomic E-state index is 11.1. The Balaban J connectivity index is 2.15. The number of carboxylic acid groups (broad SMARTS) is 1. The minimum absolute atomic E-state index is 0.184. The molecule has 0 saturated carbocycles. The maximum absolute atomic E-state index is 11.1. The highest BCUT2D eigenvalue weighted by molar-refractivity contribution is 6.32. The predicted molar refractivity (Wildman–Crippen MR) is 102 cm³/mol. The molecule has 1 atom stereocenters. The number of ether oxygens (including phenoxy) is 1. The number of nitrogens with zero attached hydrogens (tertiary/aromatic N) is 2. The van der Waals surface area contributed by atoms with Crippen molar-refractivity contribution in [3.8, 4) is 17.0 Å². The predicted octanol–water partition coefficient (Wildman–Crippen LogP) is 4.56. The topological polar surface area (TPSA) is 84.3 Å². The highest BCUT2D eigenvalue weighted by Crippen LogP contribution is 2.30. The van der Waals surface area contributed by atoms with E-state index >= 15 is 0 Å². The van der Waals surface area contributed by atoms with E-state index in [0.29, 0.717) is 28.9 Å². The number of benzene rings is 1. The summed E-state index contributed by atoms with van der Waals surface area (Å²) in [6.07, 6.45) is 1.28. The molecule has 0 aliphatic carbocycles. The molecule has 0 aliphatic heterocycles. The van der Waals surface area contributed by atoms with Gasteiger partial charge in [-0.25, -0.2) is 14.8 Å². The van der Waals surface area contributed by atoms with Gasteiger partial charge in [-0.05, 0) is 50.5 Å². The molecular formula is C19H24ClN3O3. The van der Waals surface area contributed by atoms with E-state index < -0.39 is 11.6 Å². The number of amides is 1. The van der Waals surface area contributed by atoms with Crippen molar-refractivity contribution in [3.05, 3.63) is 41.3 Å². The smallest absolute Gasteiger partial charge is 0.405 e. The zero-order valence-corrected chi connectivity index (χ0v) is 16.2. The summed E-state index contributed by atoms with van der Waals surface area (Å²) >= 11 is 6.35. The average Bonchev–Trinajstić information content (AvgIpc) is 2.52. The third-order valence-electron chi connectivity index (χ3n) is 3.82. The molecule has 2 N–H and O–H groups in total. The summed E-state index contributed by atoms with van der Waals surface area (Å²) < 4.78 is 5.83. The van der Waals surface area contributed by atoms with Crippen LogP contribution in [0.25, 0.3) is 11.3 Å². The highest BCUT2D eigenvalue weighted by atomic mass is 35.5. The molecule has 0 bridgehead atoms. The Morgan fingerprint density at radius 2 is 2.12 bits per heavy atom. The summed E-state index contributed by atoms with van der Waals surface area (Å²) in [7, 11) is 0. The quantitative estimate of drug-likeness (QED) is 0.739. The van der Waals surface area contributed by atoms with Gasteiger partial charge in [0.05, 0.1) is 16.3 Å². The number of carbonyl (C=O) groups is 1. The van der Waals surface area contributed by atoms with E-state index in [1.807, 2.05) is 39.8 Å². The van der Waals surface area contributed by atoms with Gasteiger partial charge in [0.2, 0.25) is 0 Å². The Bertz CT molecular complexity index is 782. The van der Waals surface area contributed by atoms with Gasteiger partial charge in [-0.3, -0.25) is 0 Å². The first-order valence-electron chi connectivity index (χ1n) is 8.42. The van der Waals surface area contributed by atoms with Gasteiger partial charge in [0, 0.05) is 11.8 Å². The minimum Gasteiger partial charge on any atom is -0.490 e. The van der Waals surface area contributed by atoms with Crippen LogP contribution in [0.15, 0.2) is 30.5 Å². The lowest BCUT2D eigenvalue weighted by atomic mass is 9.91. The lowest BCUT2D eigenvalue weighted by Crippen LogP contribution is -2.50. The number of aromatic nitrogens is 2. The van der Waals surface area contributed by atoms with Gasteiger partial charge in [-0.15, -0.1) is 0 Å². The molecule has 1 unspecified atom stereocenters. The SMILES string of the molecule is Cc1nccc(-c2ccc(OCC(C)(CC(C)C)NC(=O)O)c(Cl)c2)n1. The van der Waals surface area contributed by atoms with Gasteiger partial charge in [-0.1, -0.05) is 25.4 Å². The molecule has 2 rings (SSSR count). The van der Waals surface area contributed by atoms with E-state index in [0.717, 1.165) is 11.3 Å². The molecule has 26 heavy (non-hydrogen) atoms. The lowest BCUT2D eigenvalue weighted by molar-refractivity contribution is 0.143. The molecule has 1 aromatic carbocycles. The summed E-state index contributed by atoms with van der Waals surface area (Å²) in [4.78, 5) is 19.6. The van der Waals surface area contributed by atoms with Gasteiger partial charge in [-0.2, -0.15) is 0 Å². The molecule has 0 fully saturated rings. The van der Waals surface area contributed by atoms with Crippen LogP contribution in [0.3, 0.4) is 0 Å². The number of nitrogens with one attached hydrogen (secondary N) is 1. The van der Waals surface area contributed by atoms with Crippen molar-refractivity contribution in [2.75, 3.05) is 6.61 Å². The van der Waals surface area contributed by atoms with Crippen LogP contribution in [0.5, 0.6) is 5.75 Å². The van der Waals surface area contributed by atoms with Crippen molar-refractivity contribution in [1.29, 1.82) is 0 Å². The van der Waals surface area contributed by atoms with Crippen molar-refractivity contribution in [3.63, 3.8) is 0 Å². The van der Waals surface area contributed by atoms with E-state index in [2.05, 4.69) is 15.3 Å². The average molecular weight is 378 g/mol. The van der Waals surface area contributed by atoms with Gasteiger partial charge in [0.25, 0.3) is 0 Å². The Kier molecular flexibility index (Phi) is 6.42. The van der Waals surface area contributed by atoms with Crippen LogP contribution in [-0.4, -0.2) is 33.3 Å². The highest BCUT2D eigenvalue weighted by Gasteiger charge is 2.28. The molecule has 2 aromatic rings. The number of rotatable bonds is 7. The molecule has 1 aromatic heterocycles. The lowest BCUT2D eigenvalue weighted by Gasteiger charge is -2.31. The van der Waals surface area contributed by atoms with E-state index in [4.69, 9.17) is 21.4 Å². The Morgan fingerprint density at radius 1 is 1.38 bits per heavy atom. The molecule has 0 radical (unpaired) electrons. The van der Waals surface area contributed by atoms with Crippen LogP contribution in [0, 0.1) is 12.8 Å². The van der Waals surface area contributed by atoms with Gasteiger partial charge in [0.1, 0.15) is 18.2 Å². The molecule has 140 valence electrons. The first-order chi connectivity index (χ1) is 12.2. The van der Waals surface area contributed by atoms with E-state index in [1.54, 1.807) is 18.3 Å². The van der Waals surface area contributed by atoms with Crippen molar-refractivity contribution >= 4 is 17.7 Å². The summed E-state index contributed by atoms with van der Waals surface area (Å²) in [6.45, 7) is 7.91. The Labute approximate surface area is 158 Å². The number of hydrogen-bond acceptors (Lipinski definition) is 4. The summed E-state index contributed by atoms with van der Waals surface area (Å²) in [5.74, 6) is 1.50. The second kappa shape index (κ2) is 8.36. The van der Waals surface area contributed by atoms with Crippen molar-refractivity contribution in [2.45, 2.75) is 39.7 Å². The van der Waals surface area contributed by atoms with Crippen LogP contribution >= 0.6 is 11.6 Å². The van der Waals surface area contributed by atoms with Crippen LogP contribution in [-0.2, 0) is 0 Å². The second-order valence-electron chi connectivity index (χ2n) is 7.01. The number of aryl methyl sites for hydroxylation is 1. The largest absolute Gasteiger partial charge is 0.490 e. The van der Waals surface area contributed by atoms with E-state index in [1.165, 1.54) is 0 Å². The monoisotopic (exact) mass is 377 g/mol. The summed E-state index contributed by atoms with van der Waals surface area (Å²) in [5, 5.41) is 12.1. The van der Waals surface area contributed by atoms with Crippen molar-refractivity contribution in [1.82, 2.24) is 15.3 Å². The van der Waals surface area contributed by atoms with Crippen molar-refractivity contribution in [2.24, 2.45) is 5.92 Å². The third-order valence-corrected chi connectivity index (χ3v) is 4.11. The zero-order valence-electron chi connectivity index (χ0n) is 15.4. The minimum atomic E-state index is -1.07. The Hall–Kier alpha value is -2.34. The third kappa shape index (κ3) is 5.59. The molecule has 0 spiro atoms. The first kappa shape index (κ1) is 20.0. The maximum Gasteiger partial charge on any atom is 0.405 e. The van der Waals surface area contributed by atoms with Crippen LogP contribution in [0.4, 0.5) is 4.79 Å². The van der Waals surface area contributed by atoms with Gasteiger partial charge >= 0.3 is 6.09 Å². The zero-order chi connectivity index (χ0) is 19.3. The van der Waals surface area contributed by atoms with E-state index in [-0.39, 0.29) is 6.61 Å². The number of halogens is 1. The van der Waals surface area contributed by atoms with Crippen LogP contribution in [0.1, 0.15) is 33.0 Å². The fourth-order valence-electron chi connectivity index (χ4n) is 2.94. The van der Waals surface area contributed by atoms with Crippen molar-refractivity contribution < 1.29 is 14.6 Å². The summed E-state index contributed by atoms with van der Waals surface area (Å²) in [6, 6.07) is 7.23. The number of hydrogen-bond donors (Lipinski definition) is 2. The molecule has 7 heteroatoms. The molecule has 1 amide bonds. The second-order valence-corrected chi connectivity index (χ2v) is 7.42. The van der Waals surface area contributed by atoms with Crippen LogP contribution in [0.2, 0.25) is 5.02 Å². The Morgan fingerprint density at radius 3 is 2.69 bits per heavy atom. The van der Waals surface area contributed by atoms with Crippen LogP contribution < -0.4 is 10.1 Å². The molecule has 1 heterocycles.